The topological polar surface area (TPSA) is 93.2 Å². The number of aromatic nitrogens is 5. The minimum atomic E-state index is 0.0157. The third-order valence-electron chi connectivity index (χ3n) is 5.56. The molecule has 2 fully saturated rings. The maximum atomic E-state index is 12.7. The van der Waals surface area contributed by atoms with Crippen LogP contribution >= 0.6 is 0 Å². The highest BCUT2D eigenvalue weighted by Gasteiger charge is 2.26. The molecule has 0 radical (unpaired) electrons. The van der Waals surface area contributed by atoms with E-state index in [1.165, 1.54) is 0 Å². The standard InChI is InChI=1S/C20H24N8O2/c1-14(18-16(13-21-25(18)2)19(29)26-5-3-6-26)22-15-4-7-28-17(12-15)23-20(24-28)27-8-10-30-11-9-27/h4,7,12-13H,3,5-6,8-11H2,1-2H3. The molecule has 0 unspecified atom stereocenters. The number of likely N-dealkylation sites (tertiary alicyclic amines) is 1. The summed E-state index contributed by atoms with van der Waals surface area (Å²) < 4.78 is 8.86. The van der Waals surface area contributed by atoms with E-state index in [1.54, 1.807) is 15.4 Å². The minimum absolute atomic E-state index is 0.0157. The van der Waals surface area contributed by atoms with Crippen LogP contribution in [0.5, 0.6) is 0 Å². The summed E-state index contributed by atoms with van der Waals surface area (Å²) in [5.74, 6) is 0.715. The number of morpholine rings is 1. The fourth-order valence-corrected chi connectivity index (χ4v) is 3.79. The van der Waals surface area contributed by atoms with E-state index in [1.807, 2.05) is 37.2 Å². The Morgan fingerprint density at radius 3 is 2.73 bits per heavy atom. The molecule has 1 amide bonds. The summed E-state index contributed by atoms with van der Waals surface area (Å²) in [5.41, 5.74) is 3.55. The number of amides is 1. The van der Waals surface area contributed by atoms with Crippen molar-refractivity contribution in [3.05, 3.63) is 35.8 Å². The minimum Gasteiger partial charge on any atom is -0.378 e. The van der Waals surface area contributed by atoms with Gasteiger partial charge >= 0.3 is 0 Å². The average Bonchev–Trinajstić information content (AvgIpc) is 3.30. The molecule has 5 rings (SSSR count). The second-order valence-electron chi connectivity index (χ2n) is 7.57. The third-order valence-corrected chi connectivity index (χ3v) is 5.56. The number of carbonyl (C=O) groups excluding carboxylic acids is 1. The molecule has 3 aromatic rings. The van der Waals surface area contributed by atoms with Crippen LogP contribution in [0.15, 0.2) is 29.5 Å². The van der Waals surface area contributed by atoms with E-state index in [-0.39, 0.29) is 5.91 Å². The van der Waals surface area contributed by atoms with Crippen LogP contribution < -0.4 is 4.90 Å². The number of carbonyl (C=O) groups is 1. The van der Waals surface area contributed by atoms with Crippen LogP contribution in [0.1, 0.15) is 29.4 Å². The van der Waals surface area contributed by atoms with E-state index in [9.17, 15) is 4.79 Å². The molecule has 10 nitrogen and oxygen atoms in total. The van der Waals surface area contributed by atoms with E-state index in [2.05, 4.69) is 20.1 Å². The van der Waals surface area contributed by atoms with Gasteiger partial charge in [0.1, 0.15) is 0 Å². The van der Waals surface area contributed by atoms with E-state index < -0.39 is 0 Å². The Bertz CT molecular complexity index is 1120. The van der Waals surface area contributed by atoms with Crippen LogP contribution in [0.2, 0.25) is 0 Å². The van der Waals surface area contributed by atoms with Crippen LogP contribution in [0.3, 0.4) is 0 Å². The first-order valence-electron chi connectivity index (χ1n) is 10.2. The molecule has 3 aromatic heterocycles. The lowest BCUT2D eigenvalue weighted by Gasteiger charge is -2.30. The van der Waals surface area contributed by atoms with Gasteiger partial charge in [0.05, 0.1) is 42.1 Å². The Morgan fingerprint density at radius 1 is 1.20 bits per heavy atom. The quantitative estimate of drug-likeness (QED) is 0.604. The summed E-state index contributed by atoms with van der Waals surface area (Å²) in [6.45, 7) is 6.46. The summed E-state index contributed by atoms with van der Waals surface area (Å²) in [5, 5.41) is 8.85. The molecular weight excluding hydrogens is 384 g/mol. The summed E-state index contributed by atoms with van der Waals surface area (Å²) >= 11 is 0. The highest BCUT2D eigenvalue weighted by Crippen LogP contribution is 2.21. The molecule has 5 heterocycles. The van der Waals surface area contributed by atoms with Gasteiger partial charge in [-0.05, 0) is 19.4 Å². The zero-order valence-electron chi connectivity index (χ0n) is 17.2. The first kappa shape index (κ1) is 18.7. The van der Waals surface area contributed by atoms with Crippen molar-refractivity contribution in [2.45, 2.75) is 13.3 Å². The SMILES string of the molecule is CC(=Nc1ccn2nc(N3CCOCC3)nc2c1)c1c(C(=O)N2CCC2)cnn1C. The average molecular weight is 408 g/mol. The molecule has 10 heteroatoms. The molecule has 0 N–H and O–H groups in total. The normalized spacial score (nSPS) is 17.5. The second-order valence-corrected chi connectivity index (χ2v) is 7.57. The van der Waals surface area contributed by atoms with E-state index in [0.717, 1.165) is 55.3 Å². The number of anilines is 1. The van der Waals surface area contributed by atoms with Crippen LogP contribution in [0.4, 0.5) is 11.6 Å². The van der Waals surface area contributed by atoms with E-state index in [0.29, 0.717) is 24.7 Å². The molecule has 0 atom stereocenters. The number of aryl methyl sites for hydroxylation is 1. The maximum Gasteiger partial charge on any atom is 0.257 e. The van der Waals surface area contributed by atoms with Gasteiger partial charge in [-0.3, -0.25) is 14.5 Å². The molecule has 30 heavy (non-hydrogen) atoms. The fraction of sp³-hybridized carbons (Fsp3) is 0.450. The highest BCUT2D eigenvalue weighted by molar-refractivity contribution is 6.09. The van der Waals surface area contributed by atoms with Crippen LogP contribution in [0, 0.1) is 0 Å². The highest BCUT2D eigenvalue weighted by atomic mass is 16.5. The van der Waals surface area contributed by atoms with Crippen molar-refractivity contribution >= 4 is 28.9 Å². The van der Waals surface area contributed by atoms with Gasteiger partial charge in [-0.2, -0.15) is 10.1 Å². The fourth-order valence-electron chi connectivity index (χ4n) is 3.79. The van der Waals surface area contributed by atoms with Gasteiger partial charge in [-0.1, -0.05) is 0 Å². The summed E-state index contributed by atoms with van der Waals surface area (Å²) in [7, 11) is 1.83. The number of hydrogen-bond acceptors (Lipinski definition) is 7. The molecule has 0 saturated carbocycles. The largest absolute Gasteiger partial charge is 0.378 e. The van der Waals surface area contributed by atoms with Crippen LogP contribution in [0.25, 0.3) is 5.65 Å². The summed E-state index contributed by atoms with van der Waals surface area (Å²) in [6, 6.07) is 3.79. The van der Waals surface area contributed by atoms with Gasteiger partial charge in [0.15, 0.2) is 5.65 Å². The third kappa shape index (κ3) is 3.32. The molecule has 2 saturated heterocycles. The number of nitrogens with zero attached hydrogens (tertiary/aromatic N) is 8. The van der Waals surface area contributed by atoms with Crippen molar-refractivity contribution in [2.75, 3.05) is 44.3 Å². The lowest BCUT2D eigenvalue weighted by atomic mass is 10.1. The lowest BCUT2D eigenvalue weighted by Crippen LogP contribution is -2.42. The number of fused-ring (bicyclic) bond motifs is 1. The maximum absolute atomic E-state index is 12.7. The predicted octanol–water partition coefficient (Wildman–Crippen LogP) is 1.29. The molecule has 2 aliphatic rings. The van der Waals surface area contributed by atoms with Crippen molar-refractivity contribution in [2.24, 2.45) is 12.0 Å². The molecule has 156 valence electrons. The first-order chi connectivity index (χ1) is 14.6. The Hall–Kier alpha value is -3.27. The Labute approximate surface area is 173 Å². The monoisotopic (exact) mass is 408 g/mol. The predicted molar refractivity (Wildman–Crippen MR) is 112 cm³/mol. The van der Waals surface area contributed by atoms with Crippen molar-refractivity contribution in [1.82, 2.24) is 29.3 Å². The zero-order valence-corrected chi connectivity index (χ0v) is 17.2. The summed E-state index contributed by atoms with van der Waals surface area (Å²) in [6.07, 6.45) is 4.54. The number of pyridine rings is 1. The van der Waals surface area contributed by atoms with Crippen molar-refractivity contribution in [3.63, 3.8) is 0 Å². The molecule has 0 bridgehead atoms. The van der Waals surface area contributed by atoms with Crippen molar-refractivity contribution in [3.8, 4) is 0 Å². The Balaban J connectivity index is 1.44. The number of ether oxygens (including phenoxy) is 1. The molecular formula is C20H24N8O2. The molecule has 2 aliphatic heterocycles. The van der Waals surface area contributed by atoms with Gasteiger partial charge in [-0.25, -0.2) is 4.52 Å². The molecule has 0 spiro atoms. The van der Waals surface area contributed by atoms with Crippen LogP contribution in [-0.2, 0) is 11.8 Å². The number of hydrogen-bond donors (Lipinski definition) is 0. The number of aliphatic imine (C=N–C) groups is 1. The second kappa shape index (κ2) is 7.52. The first-order valence-corrected chi connectivity index (χ1v) is 10.2. The van der Waals surface area contributed by atoms with Gasteiger partial charge in [0.25, 0.3) is 5.91 Å². The molecule has 0 aromatic carbocycles. The lowest BCUT2D eigenvalue weighted by molar-refractivity contribution is 0.0651. The van der Waals surface area contributed by atoms with Gasteiger partial charge < -0.3 is 14.5 Å². The van der Waals surface area contributed by atoms with Gasteiger partial charge in [0.2, 0.25) is 5.95 Å². The number of rotatable bonds is 4. The van der Waals surface area contributed by atoms with Crippen molar-refractivity contribution < 1.29 is 9.53 Å². The van der Waals surface area contributed by atoms with Crippen LogP contribution in [-0.4, -0.2) is 80.3 Å². The smallest absolute Gasteiger partial charge is 0.257 e. The molecule has 0 aliphatic carbocycles. The van der Waals surface area contributed by atoms with Gasteiger partial charge in [-0.15, -0.1) is 5.10 Å². The van der Waals surface area contributed by atoms with Gasteiger partial charge in [0, 0.05) is 45.5 Å². The Kier molecular flexibility index (Phi) is 4.70. The Morgan fingerprint density at radius 2 is 2.00 bits per heavy atom. The zero-order chi connectivity index (χ0) is 20.7. The van der Waals surface area contributed by atoms with Crippen molar-refractivity contribution in [1.29, 1.82) is 0 Å². The van der Waals surface area contributed by atoms with E-state index >= 15 is 0 Å². The summed E-state index contributed by atoms with van der Waals surface area (Å²) in [4.78, 5) is 26.1. The van der Waals surface area contributed by atoms with E-state index in [4.69, 9.17) is 9.73 Å².